The van der Waals surface area contributed by atoms with Crippen molar-refractivity contribution < 1.29 is 5.11 Å². The van der Waals surface area contributed by atoms with Crippen LogP contribution in [-0.4, -0.2) is 5.11 Å². The maximum Gasteiger partial charge on any atom is 0.125 e. The van der Waals surface area contributed by atoms with Crippen molar-refractivity contribution in [3.63, 3.8) is 0 Å². The molecule has 0 atom stereocenters. The van der Waals surface area contributed by atoms with Crippen LogP contribution in [0.1, 0.15) is 5.56 Å². The van der Waals surface area contributed by atoms with Gasteiger partial charge in [-0.2, -0.15) is 0 Å². The lowest BCUT2D eigenvalue weighted by atomic mass is 10.0. The van der Waals surface area contributed by atoms with Crippen LogP contribution >= 0.6 is 0 Å². The van der Waals surface area contributed by atoms with Crippen LogP contribution in [0.4, 0.5) is 0 Å². The second-order valence-corrected chi connectivity index (χ2v) is 3.34. The Labute approximate surface area is 87.8 Å². The zero-order valence-electron chi connectivity index (χ0n) is 8.20. The number of benzene rings is 2. The summed E-state index contributed by atoms with van der Waals surface area (Å²) in [5.41, 5.74) is 3.55. The molecule has 0 fully saturated rings. The van der Waals surface area contributed by atoms with Gasteiger partial charge < -0.3 is 10.5 Å². The first-order chi connectivity index (χ1) is 7.22. The summed E-state index contributed by atoms with van der Waals surface area (Å²) in [6.07, 6.45) is 0. The van der Waals surface area contributed by atoms with Gasteiger partial charge in [-0.25, -0.2) is 0 Å². The van der Waals surface area contributed by atoms with Crippen LogP contribution < -0.4 is 11.3 Å². The summed E-state index contributed by atoms with van der Waals surface area (Å²) < 4.78 is 0. The fourth-order valence-electron chi connectivity index (χ4n) is 1.55. The quantitative estimate of drug-likeness (QED) is 0.513. The molecule has 4 N–H and O–H groups in total. The lowest BCUT2D eigenvalue weighted by Gasteiger charge is -2.08. The second-order valence-electron chi connectivity index (χ2n) is 3.34. The predicted octanol–water partition coefficient (Wildman–Crippen LogP) is 1.98. The fourth-order valence-corrected chi connectivity index (χ4v) is 1.55. The molecule has 0 aromatic heterocycles. The number of nitrogens with two attached hydrogens (primary N) is 1. The van der Waals surface area contributed by atoms with E-state index >= 15 is 0 Å². The highest BCUT2D eigenvalue weighted by molar-refractivity contribution is 5.88. The molecule has 2 aromatic carbocycles. The van der Waals surface area contributed by atoms with Crippen molar-refractivity contribution in [1.29, 1.82) is 0 Å². The number of hydrogen-bond donors (Lipinski definition) is 3. The minimum atomic E-state index is 0.177. The molecule has 0 bridgehead atoms. The standard InChI is InChI=1S/C12H12N2O/c1-8(14-13)11-6-9-4-2-3-5-10(9)7-12(11)15/h2-7,14-15H,1,13H2. The Hall–Kier alpha value is -2.00. The molecule has 0 unspecified atom stereocenters. The summed E-state index contributed by atoms with van der Waals surface area (Å²) >= 11 is 0. The first kappa shape index (κ1) is 9.55. The van der Waals surface area contributed by atoms with Gasteiger partial charge in [0.15, 0.2) is 0 Å². The van der Waals surface area contributed by atoms with Crippen LogP contribution in [0.15, 0.2) is 43.0 Å². The molecule has 0 amide bonds. The number of phenols is 1. The van der Waals surface area contributed by atoms with E-state index in [1.54, 1.807) is 6.07 Å². The first-order valence-electron chi connectivity index (χ1n) is 4.60. The van der Waals surface area contributed by atoms with Gasteiger partial charge in [0.25, 0.3) is 0 Å². The normalized spacial score (nSPS) is 10.2. The van der Waals surface area contributed by atoms with Gasteiger partial charge in [0, 0.05) is 5.56 Å². The molecule has 0 spiro atoms. The Bertz CT molecular complexity index is 520. The molecule has 0 aliphatic carbocycles. The van der Waals surface area contributed by atoms with Crippen LogP contribution in [0.3, 0.4) is 0 Å². The summed E-state index contributed by atoms with van der Waals surface area (Å²) in [7, 11) is 0. The summed E-state index contributed by atoms with van der Waals surface area (Å²) in [6.45, 7) is 3.71. The lowest BCUT2D eigenvalue weighted by molar-refractivity contribution is 0.474. The SMILES string of the molecule is C=C(NN)c1cc2ccccc2cc1O. The lowest BCUT2D eigenvalue weighted by Crippen LogP contribution is -2.19. The van der Waals surface area contributed by atoms with Gasteiger partial charge in [-0.1, -0.05) is 30.8 Å². The van der Waals surface area contributed by atoms with Crippen molar-refractivity contribution in [3.8, 4) is 5.75 Å². The Morgan fingerprint density at radius 2 is 1.80 bits per heavy atom. The number of rotatable bonds is 2. The van der Waals surface area contributed by atoms with E-state index in [0.29, 0.717) is 11.3 Å². The zero-order valence-corrected chi connectivity index (χ0v) is 8.20. The van der Waals surface area contributed by atoms with E-state index in [1.165, 1.54) is 0 Å². The van der Waals surface area contributed by atoms with Gasteiger partial charge in [0.1, 0.15) is 5.75 Å². The highest BCUT2D eigenvalue weighted by atomic mass is 16.3. The molecular formula is C12H12N2O. The molecule has 0 saturated carbocycles. The molecule has 0 radical (unpaired) electrons. The highest BCUT2D eigenvalue weighted by Gasteiger charge is 2.05. The second kappa shape index (κ2) is 3.63. The summed E-state index contributed by atoms with van der Waals surface area (Å²) in [4.78, 5) is 0. The molecule has 76 valence electrons. The van der Waals surface area contributed by atoms with Gasteiger partial charge in [-0.3, -0.25) is 5.84 Å². The fraction of sp³-hybridized carbons (Fsp3) is 0. The van der Waals surface area contributed by atoms with Crippen molar-refractivity contribution in [3.05, 3.63) is 48.5 Å². The molecule has 15 heavy (non-hydrogen) atoms. The topological polar surface area (TPSA) is 58.3 Å². The maximum atomic E-state index is 9.75. The van der Waals surface area contributed by atoms with Gasteiger partial charge in [-0.05, 0) is 22.9 Å². The van der Waals surface area contributed by atoms with Crippen molar-refractivity contribution in [1.82, 2.24) is 5.43 Å². The third kappa shape index (κ3) is 1.65. The average molecular weight is 200 g/mol. The van der Waals surface area contributed by atoms with E-state index in [2.05, 4.69) is 12.0 Å². The van der Waals surface area contributed by atoms with Crippen molar-refractivity contribution in [2.75, 3.05) is 0 Å². The van der Waals surface area contributed by atoms with Crippen molar-refractivity contribution >= 4 is 16.5 Å². The van der Waals surface area contributed by atoms with Crippen LogP contribution in [0.5, 0.6) is 5.75 Å². The Morgan fingerprint density at radius 3 is 2.40 bits per heavy atom. The van der Waals surface area contributed by atoms with Gasteiger partial charge in [0.05, 0.1) is 5.70 Å². The zero-order chi connectivity index (χ0) is 10.8. The average Bonchev–Trinajstić information content (AvgIpc) is 2.27. The van der Waals surface area contributed by atoms with Gasteiger partial charge in [-0.15, -0.1) is 0 Å². The summed E-state index contributed by atoms with van der Waals surface area (Å²) in [6, 6.07) is 11.3. The molecule has 0 heterocycles. The molecule has 2 aromatic rings. The Morgan fingerprint density at radius 1 is 1.20 bits per heavy atom. The van der Waals surface area contributed by atoms with Crippen molar-refractivity contribution in [2.45, 2.75) is 0 Å². The van der Waals surface area contributed by atoms with Gasteiger partial charge >= 0.3 is 0 Å². The number of nitrogens with one attached hydrogen (secondary N) is 1. The number of fused-ring (bicyclic) bond motifs is 1. The van der Waals surface area contributed by atoms with E-state index in [1.807, 2.05) is 30.3 Å². The number of hydrazine groups is 1. The number of phenolic OH excluding ortho intramolecular Hbond substituents is 1. The van der Waals surface area contributed by atoms with E-state index in [4.69, 9.17) is 5.84 Å². The molecule has 0 saturated heterocycles. The monoisotopic (exact) mass is 200 g/mol. The summed E-state index contributed by atoms with van der Waals surface area (Å²) in [5.74, 6) is 5.43. The first-order valence-corrected chi connectivity index (χ1v) is 4.60. The maximum absolute atomic E-state index is 9.75. The Balaban J connectivity index is 2.67. The molecular weight excluding hydrogens is 188 g/mol. The van der Waals surface area contributed by atoms with Crippen LogP contribution in [-0.2, 0) is 0 Å². The number of hydrogen-bond acceptors (Lipinski definition) is 3. The molecule has 3 nitrogen and oxygen atoms in total. The molecule has 3 heteroatoms. The Kier molecular flexibility index (Phi) is 2.31. The predicted molar refractivity (Wildman–Crippen MR) is 62.0 cm³/mol. The van der Waals surface area contributed by atoms with E-state index in [-0.39, 0.29) is 5.75 Å². The number of aromatic hydroxyl groups is 1. The third-order valence-electron chi connectivity index (χ3n) is 2.36. The van der Waals surface area contributed by atoms with Crippen LogP contribution in [0.25, 0.3) is 16.5 Å². The van der Waals surface area contributed by atoms with E-state index in [9.17, 15) is 5.11 Å². The van der Waals surface area contributed by atoms with E-state index < -0.39 is 0 Å². The van der Waals surface area contributed by atoms with Crippen LogP contribution in [0, 0.1) is 0 Å². The highest BCUT2D eigenvalue weighted by Crippen LogP contribution is 2.27. The minimum Gasteiger partial charge on any atom is -0.507 e. The van der Waals surface area contributed by atoms with E-state index in [0.717, 1.165) is 10.8 Å². The van der Waals surface area contributed by atoms with Crippen molar-refractivity contribution in [2.24, 2.45) is 5.84 Å². The third-order valence-corrected chi connectivity index (χ3v) is 2.36. The molecule has 0 aliphatic heterocycles. The van der Waals surface area contributed by atoms with Gasteiger partial charge in [0.2, 0.25) is 0 Å². The summed E-state index contributed by atoms with van der Waals surface area (Å²) in [5, 5.41) is 11.8. The smallest absolute Gasteiger partial charge is 0.125 e. The molecule has 0 aliphatic rings. The minimum absolute atomic E-state index is 0.177. The van der Waals surface area contributed by atoms with Crippen LogP contribution in [0.2, 0.25) is 0 Å². The largest absolute Gasteiger partial charge is 0.507 e. The molecule has 2 rings (SSSR count).